The van der Waals surface area contributed by atoms with Crippen LogP contribution in [0.4, 0.5) is 14.9 Å². The fourth-order valence-corrected chi connectivity index (χ4v) is 10.7. The number of halogens is 1. The molecule has 6 rings (SSSR count). The van der Waals surface area contributed by atoms with E-state index in [1.807, 2.05) is 86.6 Å². The smallest absolute Gasteiger partial charge is 0.410 e. The van der Waals surface area contributed by atoms with E-state index < -0.39 is 83.1 Å². The number of Topliss-reactive ketones (excluding diaryl/α,β-unsaturated/α-hetero) is 2. The molecule has 1 aromatic heterocycles. The Bertz CT molecular complexity index is 2280. The van der Waals surface area contributed by atoms with Crippen molar-refractivity contribution < 1.29 is 57.2 Å². The fourth-order valence-electron chi connectivity index (χ4n) is 10.7. The number of carbonyl (C=O) groups excluding carboxylic acids is 5. The molecule has 15 nitrogen and oxygen atoms in total. The SMILES string of the molecule is CC[C@H]1OC(=O)[C@@](C)(F)C(=O)[C@H](C)[C@@H](O[C@@H]2O[C@H](C)C[C@H](N(C)C)[C@H]2O)[C@@](C)(OC)C[C@@H](C)C(=O)[C@H](C)[C@H]2N(CCCN(C(=O)CCc3ccccc3)c3cnc4ccccc4c3)C(=O)O[C@]12C. The zero-order valence-corrected chi connectivity index (χ0v) is 41.5. The van der Waals surface area contributed by atoms with Gasteiger partial charge in [0, 0.05) is 55.8 Å². The van der Waals surface area contributed by atoms with E-state index in [4.69, 9.17) is 23.7 Å². The Kier molecular flexibility index (Phi) is 16.5. The molecule has 0 bridgehead atoms. The number of fused-ring (bicyclic) bond motifs is 2. The number of benzene rings is 2. The predicted octanol–water partition coefficient (Wildman–Crippen LogP) is 6.89. The number of cyclic esters (lactones) is 1. The number of anilines is 1. The molecule has 2 amide bonds. The van der Waals surface area contributed by atoms with Gasteiger partial charge in [-0.2, -0.15) is 0 Å². The van der Waals surface area contributed by atoms with Crippen LogP contribution < -0.4 is 4.90 Å². The number of aryl methyl sites for hydroxylation is 1. The number of likely N-dealkylation sites (N-methyl/N-ethyl adjacent to an activating group) is 1. The average molecular weight is 947 g/mol. The van der Waals surface area contributed by atoms with Gasteiger partial charge in [-0.15, -0.1) is 0 Å². The maximum absolute atomic E-state index is 17.1. The third kappa shape index (κ3) is 10.8. The summed E-state index contributed by atoms with van der Waals surface area (Å²) in [5.41, 5.74) is -4.06. The Morgan fingerprint density at radius 3 is 2.32 bits per heavy atom. The van der Waals surface area contributed by atoms with Crippen LogP contribution in [0.15, 0.2) is 66.9 Å². The molecule has 2 aromatic carbocycles. The lowest BCUT2D eigenvalue weighted by Gasteiger charge is -2.47. The quantitative estimate of drug-likeness (QED) is 0.139. The Hall–Kier alpha value is -4.87. The van der Waals surface area contributed by atoms with E-state index in [1.54, 1.807) is 45.7 Å². The number of aromatic nitrogens is 1. The van der Waals surface area contributed by atoms with E-state index in [-0.39, 0.29) is 62.6 Å². The number of esters is 1. The second-order valence-corrected chi connectivity index (χ2v) is 19.9. The molecule has 3 aliphatic rings. The van der Waals surface area contributed by atoms with Crippen molar-refractivity contribution in [2.24, 2.45) is 17.8 Å². The minimum atomic E-state index is -3.23. The summed E-state index contributed by atoms with van der Waals surface area (Å²) in [6, 6.07) is 17.8. The number of amides is 2. The van der Waals surface area contributed by atoms with E-state index in [0.29, 0.717) is 18.5 Å². The summed E-state index contributed by atoms with van der Waals surface area (Å²) in [6.07, 6.45) is -3.17. The third-order valence-corrected chi connectivity index (χ3v) is 14.6. The van der Waals surface area contributed by atoms with Crippen LogP contribution in [0.25, 0.3) is 10.9 Å². The zero-order chi connectivity index (χ0) is 49.9. The van der Waals surface area contributed by atoms with Gasteiger partial charge in [0.2, 0.25) is 5.91 Å². The van der Waals surface area contributed by atoms with Gasteiger partial charge >= 0.3 is 12.1 Å². The van der Waals surface area contributed by atoms with Gasteiger partial charge < -0.3 is 43.5 Å². The van der Waals surface area contributed by atoms with Gasteiger partial charge in [0.05, 0.1) is 41.3 Å². The van der Waals surface area contributed by atoms with Crippen molar-refractivity contribution in [3.8, 4) is 0 Å². The molecule has 0 aliphatic carbocycles. The highest BCUT2D eigenvalue weighted by Gasteiger charge is 2.62. The number of aliphatic hydroxyl groups excluding tert-OH is 1. The first-order valence-electron chi connectivity index (χ1n) is 23.9. The van der Waals surface area contributed by atoms with Gasteiger partial charge in [-0.05, 0) is 91.6 Å². The molecule has 3 fully saturated rings. The number of hydrogen-bond acceptors (Lipinski definition) is 13. The maximum atomic E-state index is 17.1. The Morgan fingerprint density at radius 2 is 1.66 bits per heavy atom. The van der Waals surface area contributed by atoms with Crippen LogP contribution in [0.3, 0.4) is 0 Å². The van der Waals surface area contributed by atoms with E-state index >= 15 is 4.39 Å². The summed E-state index contributed by atoms with van der Waals surface area (Å²) in [5, 5.41) is 12.4. The van der Waals surface area contributed by atoms with Crippen LogP contribution in [0.5, 0.6) is 0 Å². The van der Waals surface area contributed by atoms with Gasteiger partial charge in [-0.25, -0.2) is 14.0 Å². The number of hydrogen-bond donors (Lipinski definition) is 1. The minimum Gasteiger partial charge on any atom is -0.455 e. The largest absolute Gasteiger partial charge is 0.455 e. The lowest BCUT2D eigenvalue weighted by Crippen LogP contribution is -2.61. The first-order chi connectivity index (χ1) is 32.1. The highest BCUT2D eigenvalue weighted by Crippen LogP contribution is 2.44. The first kappa shape index (κ1) is 52.5. The lowest BCUT2D eigenvalue weighted by molar-refractivity contribution is -0.295. The Morgan fingerprint density at radius 1 is 0.985 bits per heavy atom. The number of alkyl halides is 1. The molecular weight excluding hydrogens is 876 g/mol. The van der Waals surface area contributed by atoms with Crippen LogP contribution in [-0.2, 0) is 49.3 Å². The molecule has 3 aliphatic heterocycles. The molecule has 68 heavy (non-hydrogen) atoms. The second kappa shape index (κ2) is 21.4. The van der Waals surface area contributed by atoms with Crippen molar-refractivity contribution in [1.82, 2.24) is 14.8 Å². The maximum Gasteiger partial charge on any atom is 0.410 e. The summed E-state index contributed by atoms with van der Waals surface area (Å²) < 4.78 is 47.9. The van der Waals surface area contributed by atoms with Gasteiger partial charge in [-0.3, -0.25) is 19.4 Å². The third-order valence-electron chi connectivity index (χ3n) is 14.6. The number of methoxy groups -OCH3 is 1. The van der Waals surface area contributed by atoms with Crippen molar-refractivity contribution in [3.05, 3.63) is 72.4 Å². The van der Waals surface area contributed by atoms with Crippen molar-refractivity contribution >= 4 is 46.1 Å². The van der Waals surface area contributed by atoms with Crippen molar-refractivity contribution in [2.75, 3.05) is 39.2 Å². The number of ether oxygens (including phenoxy) is 5. The number of nitrogens with zero attached hydrogens (tertiary/aromatic N) is 4. The zero-order valence-electron chi connectivity index (χ0n) is 41.5. The molecule has 3 aromatic rings. The number of pyridine rings is 1. The van der Waals surface area contributed by atoms with Crippen LogP contribution in [0.2, 0.25) is 0 Å². The Balaban J connectivity index is 1.33. The number of para-hydroxylation sites is 1. The molecular formula is C52H71FN4O11. The summed E-state index contributed by atoms with van der Waals surface area (Å²) in [7, 11) is 5.02. The normalized spacial score (nSPS) is 34.1. The summed E-state index contributed by atoms with van der Waals surface area (Å²) in [5.74, 6) is -6.26. The second-order valence-electron chi connectivity index (χ2n) is 19.9. The van der Waals surface area contributed by atoms with E-state index in [0.717, 1.165) is 23.4 Å². The molecule has 0 radical (unpaired) electrons. The van der Waals surface area contributed by atoms with Gasteiger partial charge in [0.15, 0.2) is 17.7 Å². The first-order valence-corrected chi connectivity index (χ1v) is 23.9. The van der Waals surface area contributed by atoms with Crippen LogP contribution in [0, 0.1) is 17.8 Å². The molecule has 0 spiro atoms. The molecule has 372 valence electrons. The van der Waals surface area contributed by atoms with Crippen LogP contribution in [0.1, 0.15) is 93.1 Å². The van der Waals surface area contributed by atoms with Crippen LogP contribution in [-0.4, -0.2) is 143 Å². The number of aliphatic hydroxyl groups is 1. The minimum absolute atomic E-state index is 0.0254. The van der Waals surface area contributed by atoms with Gasteiger partial charge in [0.1, 0.15) is 18.0 Å². The molecule has 3 saturated heterocycles. The molecule has 0 saturated carbocycles. The van der Waals surface area contributed by atoms with E-state index in [2.05, 4.69) is 4.98 Å². The topological polar surface area (TPSA) is 174 Å². The van der Waals surface area contributed by atoms with E-state index in [9.17, 15) is 29.1 Å². The van der Waals surface area contributed by atoms with E-state index in [1.165, 1.54) is 18.9 Å². The number of carbonyl (C=O) groups is 5. The molecule has 1 N–H and O–H groups in total. The molecule has 4 heterocycles. The average Bonchev–Trinajstić information content (AvgIpc) is 3.58. The molecule has 13 atom stereocenters. The fraction of sp³-hybridized carbons (Fsp3) is 0.615. The number of ketones is 2. The van der Waals surface area contributed by atoms with Crippen molar-refractivity contribution in [2.45, 2.75) is 154 Å². The number of rotatable bonds is 13. The lowest BCUT2D eigenvalue weighted by atomic mass is 9.73. The standard InChI is InChI=1S/C52H71FN4O11/c1-12-40-52(8)44(57(49(63)68-52)26-18-25-56(41(58)24-23-35-19-14-13-15-20-35)37-28-36-21-16-17-22-38(36)54-30-37)33(4)42(59)31(2)29-50(6,64-11)46(34(5)45(61)51(7,53)48(62)66-40)67-47-43(60)39(55(9)10)27-32(3)65-47/h13-17,19-22,28,30-34,39-40,43-44,46-47,60H,12,18,23-27,29H2,1-11H3/t31-,32-,33+,34+,39+,40-,43-,44-,46-,47+,50+,51+,52-/m1/s1. The monoisotopic (exact) mass is 947 g/mol. The van der Waals surface area contributed by atoms with Crippen LogP contribution >= 0.6 is 0 Å². The summed E-state index contributed by atoms with van der Waals surface area (Å²) in [4.78, 5) is 81.4. The Labute approximate surface area is 399 Å². The predicted molar refractivity (Wildman–Crippen MR) is 253 cm³/mol. The van der Waals surface area contributed by atoms with Gasteiger partial charge in [-0.1, -0.05) is 76.2 Å². The molecule has 0 unspecified atom stereocenters. The summed E-state index contributed by atoms with van der Waals surface area (Å²) in [6.45, 7) is 12.6. The molecule has 16 heteroatoms. The van der Waals surface area contributed by atoms with Crippen molar-refractivity contribution in [1.29, 1.82) is 0 Å². The van der Waals surface area contributed by atoms with Gasteiger partial charge in [0.25, 0.3) is 5.67 Å². The highest BCUT2D eigenvalue weighted by atomic mass is 19.1. The summed E-state index contributed by atoms with van der Waals surface area (Å²) >= 11 is 0. The van der Waals surface area contributed by atoms with Crippen molar-refractivity contribution in [3.63, 3.8) is 0 Å². The highest BCUT2D eigenvalue weighted by molar-refractivity contribution is 6.08.